The first-order chi connectivity index (χ1) is 16.3. The molecule has 1 aromatic carbocycles. The highest BCUT2D eigenvalue weighted by Gasteiger charge is 2.53. The average Bonchev–Trinajstić information content (AvgIpc) is 3.38. The zero-order valence-corrected chi connectivity index (χ0v) is 22.9. The fraction of sp³-hybridized carbons (Fsp3) is 0.483. The molecular weight excluding hydrogens is 502 g/mol. The summed E-state index contributed by atoms with van der Waals surface area (Å²) in [5.41, 5.74) is 9.24. The van der Waals surface area contributed by atoms with Gasteiger partial charge >= 0.3 is 0 Å². The third-order valence-electron chi connectivity index (χ3n) is 9.01. The number of aryl methyl sites for hydroxylation is 2. The number of nitrogens with one attached hydrogen (secondary N) is 1. The molecule has 2 heterocycles. The Morgan fingerprint density at radius 2 is 2.03 bits per heavy atom. The molecule has 0 saturated heterocycles. The molecule has 34 heavy (non-hydrogen) atoms. The number of benzene rings is 1. The minimum absolute atomic E-state index is 0.518. The van der Waals surface area contributed by atoms with Gasteiger partial charge < -0.3 is 5.32 Å². The van der Waals surface area contributed by atoms with Crippen LogP contribution in [0.25, 0.3) is 16.3 Å². The van der Waals surface area contributed by atoms with E-state index < -0.39 is 0 Å². The van der Waals surface area contributed by atoms with Gasteiger partial charge in [0.25, 0.3) is 0 Å². The van der Waals surface area contributed by atoms with Gasteiger partial charge in [0.2, 0.25) is 0 Å². The van der Waals surface area contributed by atoms with Crippen molar-refractivity contribution in [1.29, 1.82) is 0 Å². The summed E-state index contributed by atoms with van der Waals surface area (Å²) < 4.78 is 3.43. The highest BCUT2D eigenvalue weighted by atomic mass is 79.9. The lowest BCUT2D eigenvalue weighted by Gasteiger charge is -2.60. The number of hydrogen-bond acceptors (Lipinski definition) is 3. The molecule has 0 radical (unpaired) electrons. The van der Waals surface area contributed by atoms with E-state index in [2.05, 4.69) is 83.6 Å². The molecule has 178 valence electrons. The molecule has 0 amide bonds. The lowest BCUT2D eigenvalue weighted by atomic mass is 9.45. The van der Waals surface area contributed by atoms with Gasteiger partial charge in [-0.1, -0.05) is 50.3 Å². The molecule has 2 aromatic heterocycles. The van der Waals surface area contributed by atoms with Gasteiger partial charge in [-0.05, 0) is 95.3 Å². The molecule has 3 atom stereocenters. The van der Waals surface area contributed by atoms with E-state index in [1.807, 2.05) is 11.3 Å². The monoisotopic (exact) mass is 535 g/mol. The van der Waals surface area contributed by atoms with Crippen molar-refractivity contribution in [3.05, 3.63) is 68.6 Å². The van der Waals surface area contributed by atoms with Gasteiger partial charge in [-0.15, -0.1) is 11.3 Å². The van der Waals surface area contributed by atoms with Crippen molar-refractivity contribution >= 4 is 33.0 Å². The topological polar surface area (TPSA) is 29.9 Å². The van der Waals surface area contributed by atoms with Crippen LogP contribution in [0.3, 0.4) is 0 Å². The predicted octanol–water partition coefficient (Wildman–Crippen LogP) is 7.46. The van der Waals surface area contributed by atoms with E-state index in [-0.39, 0.29) is 0 Å². The van der Waals surface area contributed by atoms with Crippen LogP contribution in [0, 0.1) is 30.1 Å². The fourth-order valence-electron chi connectivity index (χ4n) is 6.80. The summed E-state index contributed by atoms with van der Waals surface area (Å²) in [5, 5.41) is 8.93. The average molecular weight is 537 g/mol. The summed E-state index contributed by atoms with van der Waals surface area (Å²) in [6.45, 7) is 13.4. The summed E-state index contributed by atoms with van der Waals surface area (Å²) in [6.07, 6.45) is 6.25. The molecule has 3 aromatic rings. The van der Waals surface area contributed by atoms with E-state index in [0.717, 1.165) is 55.1 Å². The van der Waals surface area contributed by atoms with E-state index in [0.29, 0.717) is 5.41 Å². The summed E-state index contributed by atoms with van der Waals surface area (Å²) >= 11 is 5.56. The quantitative estimate of drug-likeness (QED) is 0.354. The Bertz CT molecular complexity index is 1250. The van der Waals surface area contributed by atoms with Crippen molar-refractivity contribution < 1.29 is 0 Å². The van der Waals surface area contributed by atoms with Crippen LogP contribution < -0.4 is 5.32 Å². The van der Waals surface area contributed by atoms with Crippen molar-refractivity contribution in [2.75, 3.05) is 6.54 Å². The van der Waals surface area contributed by atoms with Crippen molar-refractivity contribution in [2.45, 2.75) is 59.4 Å². The summed E-state index contributed by atoms with van der Waals surface area (Å²) in [6, 6.07) is 11.1. The lowest BCUT2D eigenvalue weighted by Crippen LogP contribution is -2.54. The molecule has 1 N–H and O–H groups in total. The first-order valence-electron chi connectivity index (χ1n) is 12.7. The second kappa shape index (κ2) is 8.37. The van der Waals surface area contributed by atoms with Crippen molar-refractivity contribution in [3.8, 4) is 10.6 Å². The minimum atomic E-state index is 0.518. The molecule has 3 unspecified atom stereocenters. The third-order valence-corrected chi connectivity index (χ3v) is 10.7. The van der Waals surface area contributed by atoms with Gasteiger partial charge in [0.05, 0.1) is 26.6 Å². The second-order valence-electron chi connectivity index (χ2n) is 11.3. The molecular formula is C29H34BrN3S. The molecule has 3 fully saturated rings. The van der Waals surface area contributed by atoms with Crippen LogP contribution in [0.2, 0.25) is 0 Å². The van der Waals surface area contributed by atoms with E-state index in [1.165, 1.54) is 55.9 Å². The Hall–Kier alpha value is -1.85. The predicted molar refractivity (Wildman–Crippen MR) is 146 cm³/mol. The van der Waals surface area contributed by atoms with E-state index in [4.69, 9.17) is 5.10 Å². The van der Waals surface area contributed by atoms with Crippen LogP contribution in [-0.2, 0) is 19.4 Å². The molecule has 3 nitrogen and oxygen atoms in total. The van der Waals surface area contributed by atoms with Gasteiger partial charge in [0.1, 0.15) is 5.69 Å². The molecule has 4 aliphatic rings. The molecule has 2 bridgehead atoms. The molecule has 0 aliphatic heterocycles. The first-order valence-corrected chi connectivity index (χ1v) is 14.3. The number of hydrogen-bond donors (Lipinski definition) is 1. The van der Waals surface area contributed by atoms with Crippen LogP contribution in [0.4, 0.5) is 0 Å². The number of thiophene rings is 1. The summed E-state index contributed by atoms with van der Waals surface area (Å²) in [4.78, 5) is 1.36. The minimum Gasteiger partial charge on any atom is -0.383 e. The normalized spacial score (nSPS) is 24.2. The van der Waals surface area contributed by atoms with Crippen LogP contribution in [0.5, 0.6) is 0 Å². The maximum absolute atomic E-state index is 5.18. The SMILES string of the molecule is C=C(NCC1CCC2CC1C2(C)C)c1nn(Cc2ccc(C)cc2)c2c1CCc1cc(Br)sc1-2. The Morgan fingerprint density at radius 1 is 1.24 bits per heavy atom. The second-order valence-corrected chi connectivity index (χ2v) is 13.7. The molecule has 4 aliphatic carbocycles. The van der Waals surface area contributed by atoms with Crippen molar-refractivity contribution in [3.63, 3.8) is 0 Å². The zero-order valence-electron chi connectivity index (χ0n) is 20.5. The number of fused-ring (bicyclic) bond motifs is 5. The lowest BCUT2D eigenvalue weighted by molar-refractivity contribution is -0.103. The maximum atomic E-state index is 5.18. The standard InChI is InChI=1S/C29H34BrN3S/c1-17-5-7-19(8-6-17)16-33-27-23(12-10-20-13-25(30)34-28(20)27)26(32-33)18(2)31-15-21-9-11-22-14-24(21)29(22,3)4/h5-8,13,21-22,24,31H,2,9-12,14-16H2,1,3-4H3. The number of aromatic nitrogens is 2. The van der Waals surface area contributed by atoms with E-state index >= 15 is 0 Å². The maximum Gasteiger partial charge on any atom is 0.111 e. The van der Waals surface area contributed by atoms with Crippen molar-refractivity contribution in [1.82, 2.24) is 15.1 Å². The molecule has 3 saturated carbocycles. The number of nitrogens with zero attached hydrogens (tertiary/aromatic N) is 2. The van der Waals surface area contributed by atoms with Crippen LogP contribution in [0.1, 0.15) is 61.1 Å². The largest absolute Gasteiger partial charge is 0.383 e. The Morgan fingerprint density at radius 3 is 2.76 bits per heavy atom. The summed E-state index contributed by atoms with van der Waals surface area (Å²) in [7, 11) is 0. The Labute approximate surface area is 215 Å². The van der Waals surface area contributed by atoms with Gasteiger partial charge in [-0.25, -0.2) is 0 Å². The van der Waals surface area contributed by atoms with Crippen LogP contribution >= 0.6 is 27.3 Å². The fourth-order valence-corrected chi connectivity index (χ4v) is 8.57. The Balaban J connectivity index is 1.29. The highest BCUT2D eigenvalue weighted by molar-refractivity contribution is 9.11. The Kier molecular flexibility index (Phi) is 5.57. The zero-order chi connectivity index (χ0) is 23.6. The number of halogens is 1. The van der Waals surface area contributed by atoms with E-state index in [1.54, 1.807) is 0 Å². The van der Waals surface area contributed by atoms with Gasteiger partial charge in [0.15, 0.2) is 0 Å². The number of rotatable bonds is 6. The van der Waals surface area contributed by atoms with Gasteiger partial charge in [0, 0.05) is 12.1 Å². The first kappa shape index (κ1) is 22.6. The molecule has 0 spiro atoms. The third kappa shape index (κ3) is 3.71. The van der Waals surface area contributed by atoms with Gasteiger partial charge in [-0.3, -0.25) is 4.68 Å². The van der Waals surface area contributed by atoms with E-state index in [9.17, 15) is 0 Å². The van der Waals surface area contributed by atoms with Gasteiger partial charge in [-0.2, -0.15) is 5.10 Å². The molecule has 5 heteroatoms. The highest BCUT2D eigenvalue weighted by Crippen LogP contribution is 2.61. The molecule has 7 rings (SSSR count). The summed E-state index contributed by atoms with van der Waals surface area (Å²) in [5.74, 6) is 2.55. The smallest absolute Gasteiger partial charge is 0.111 e. The van der Waals surface area contributed by atoms with Crippen LogP contribution in [0.15, 0.2) is 40.7 Å². The van der Waals surface area contributed by atoms with Crippen LogP contribution in [-0.4, -0.2) is 16.3 Å². The van der Waals surface area contributed by atoms with Crippen molar-refractivity contribution in [2.24, 2.45) is 23.2 Å².